The molecular weight excluding hydrogens is 376 g/mol. The predicted molar refractivity (Wildman–Crippen MR) is 114 cm³/mol. The van der Waals surface area contributed by atoms with Crippen LogP contribution in [0.3, 0.4) is 0 Å². The van der Waals surface area contributed by atoms with Crippen molar-refractivity contribution < 1.29 is 9.59 Å². The monoisotopic (exact) mass is 400 g/mol. The third-order valence-electron chi connectivity index (χ3n) is 6.08. The summed E-state index contributed by atoms with van der Waals surface area (Å²) in [5.41, 5.74) is 2.19. The van der Waals surface area contributed by atoms with Crippen LogP contribution in [0.1, 0.15) is 11.1 Å². The van der Waals surface area contributed by atoms with Gasteiger partial charge in [0.15, 0.2) is 0 Å². The van der Waals surface area contributed by atoms with Gasteiger partial charge >= 0.3 is 0 Å². The van der Waals surface area contributed by atoms with Gasteiger partial charge in [0.05, 0.1) is 0 Å². The summed E-state index contributed by atoms with van der Waals surface area (Å²) in [6.07, 6.45) is 3.46. The minimum Gasteiger partial charge on any atom is -0.327 e. The van der Waals surface area contributed by atoms with Crippen LogP contribution in [0.25, 0.3) is 10.8 Å². The maximum Gasteiger partial charge on any atom is 0.247 e. The molecule has 2 fully saturated rings. The van der Waals surface area contributed by atoms with Crippen molar-refractivity contribution >= 4 is 22.6 Å². The van der Waals surface area contributed by atoms with E-state index in [9.17, 15) is 9.59 Å². The molecule has 1 atom stereocenters. The van der Waals surface area contributed by atoms with Crippen LogP contribution in [0.4, 0.5) is 0 Å². The van der Waals surface area contributed by atoms with E-state index in [1.807, 2.05) is 18.2 Å². The summed E-state index contributed by atoms with van der Waals surface area (Å²) in [7, 11) is 0. The summed E-state index contributed by atoms with van der Waals surface area (Å²) < 4.78 is 0. The third kappa shape index (κ3) is 3.55. The van der Waals surface area contributed by atoms with E-state index in [0.29, 0.717) is 19.6 Å². The normalized spacial score (nSPS) is 19.9. The number of carbonyl (C=O) groups excluding carboxylic acids is 2. The van der Waals surface area contributed by atoms with Gasteiger partial charge in [-0.1, -0.05) is 48.5 Å². The van der Waals surface area contributed by atoms with Crippen LogP contribution < -0.4 is 0 Å². The van der Waals surface area contributed by atoms with Crippen molar-refractivity contribution in [1.29, 1.82) is 0 Å². The molecule has 2 aliphatic heterocycles. The van der Waals surface area contributed by atoms with E-state index < -0.39 is 6.04 Å². The van der Waals surface area contributed by atoms with Crippen LogP contribution in [0.2, 0.25) is 0 Å². The molecule has 3 heterocycles. The second kappa shape index (κ2) is 7.88. The summed E-state index contributed by atoms with van der Waals surface area (Å²) in [5, 5.41) is 2.46. The first-order chi connectivity index (χ1) is 14.7. The van der Waals surface area contributed by atoms with Gasteiger partial charge in [-0.05, 0) is 28.0 Å². The highest BCUT2D eigenvalue weighted by Crippen LogP contribution is 2.24. The van der Waals surface area contributed by atoms with Crippen LogP contribution >= 0.6 is 0 Å². The van der Waals surface area contributed by atoms with Crippen molar-refractivity contribution in [1.82, 2.24) is 19.7 Å². The lowest BCUT2D eigenvalue weighted by molar-refractivity contribution is -0.160. The Bertz CT molecular complexity index is 1080. The van der Waals surface area contributed by atoms with E-state index in [1.165, 1.54) is 16.3 Å². The second-order valence-corrected chi connectivity index (χ2v) is 8.03. The lowest BCUT2D eigenvalue weighted by Gasteiger charge is -2.46. The Morgan fingerprint density at radius 3 is 2.67 bits per heavy atom. The van der Waals surface area contributed by atoms with E-state index >= 15 is 0 Å². The number of pyridine rings is 1. The molecule has 5 rings (SSSR count). The number of piperazine rings is 2. The molecule has 30 heavy (non-hydrogen) atoms. The van der Waals surface area contributed by atoms with Crippen LogP contribution in [0.5, 0.6) is 0 Å². The molecule has 6 nitrogen and oxygen atoms in total. The fourth-order valence-corrected chi connectivity index (χ4v) is 4.55. The van der Waals surface area contributed by atoms with E-state index in [0.717, 1.165) is 18.7 Å². The van der Waals surface area contributed by atoms with Crippen LogP contribution in [-0.2, 0) is 22.7 Å². The number of hydrogen-bond donors (Lipinski definition) is 0. The Morgan fingerprint density at radius 1 is 0.933 bits per heavy atom. The molecule has 2 aliphatic rings. The standard InChI is InChI=1S/C24H24N4O2/c29-23-17-27(14-18-5-4-10-25-13-18)24(30)22-16-26(11-12-28(22)23)15-20-8-3-7-19-6-1-2-9-21(19)20/h1-10,13,22H,11-12,14-17H2. The molecule has 0 aliphatic carbocycles. The number of benzene rings is 2. The highest BCUT2D eigenvalue weighted by molar-refractivity contribution is 5.95. The van der Waals surface area contributed by atoms with Gasteiger partial charge in [-0.15, -0.1) is 0 Å². The molecular formula is C24H24N4O2. The second-order valence-electron chi connectivity index (χ2n) is 8.03. The number of nitrogens with zero attached hydrogens (tertiary/aromatic N) is 4. The Kier molecular flexibility index (Phi) is 4.93. The van der Waals surface area contributed by atoms with Crippen molar-refractivity contribution in [3.05, 3.63) is 78.1 Å². The van der Waals surface area contributed by atoms with Gasteiger partial charge < -0.3 is 9.80 Å². The van der Waals surface area contributed by atoms with Gasteiger partial charge in [-0.2, -0.15) is 0 Å². The third-order valence-corrected chi connectivity index (χ3v) is 6.08. The summed E-state index contributed by atoms with van der Waals surface area (Å²) in [6, 6.07) is 18.1. The number of aromatic nitrogens is 1. The molecule has 152 valence electrons. The van der Waals surface area contributed by atoms with E-state index in [1.54, 1.807) is 22.2 Å². The summed E-state index contributed by atoms with van der Waals surface area (Å²) in [4.78, 5) is 35.8. The maximum atomic E-state index is 13.2. The number of carbonyl (C=O) groups is 2. The fraction of sp³-hybridized carbons (Fsp3) is 0.292. The van der Waals surface area contributed by atoms with E-state index in [2.05, 4.69) is 46.3 Å². The first kappa shape index (κ1) is 18.8. The Hall–Kier alpha value is -3.25. The molecule has 0 saturated carbocycles. The van der Waals surface area contributed by atoms with E-state index in [-0.39, 0.29) is 18.4 Å². The average Bonchev–Trinajstić information content (AvgIpc) is 2.78. The highest BCUT2D eigenvalue weighted by Gasteiger charge is 2.42. The number of rotatable bonds is 4. The summed E-state index contributed by atoms with van der Waals surface area (Å²) in [6.45, 7) is 3.29. The summed E-state index contributed by atoms with van der Waals surface area (Å²) in [5.74, 6) is 0.0642. The molecule has 0 N–H and O–H groups in total. The quantitative estimate of drug-likeness (QED) is 0.674. The largest absolute Gasteiger partial charge is 0.327 e. The fourth-order valence-electron chi connectivity index (χ4n) is 4.55. The minimum atomic E-state index is -0.411. The molecule has 1 aromatic heterocycles. The van der Waals surface area contributed by atoms with Crippen molar-refractivity contribution in [2.75, 3.05) is 26.2 Å². The molecule has 0 bridgehead atoms. The maximum absolute atomic E-state index is 13.2. The summed E-state index contributed by atoms with van der Waals surface area (Å²) >= 11 is 0. The lowest BCUT2D eigenvalue weighted by Crippen LogP contribution is -2.66. The Morgan fingerprint density at radius 2 is 1.80 bits per heavy atom. The first-order valence-electron chi connectivity index (χ1n) is 10.4. The zero-order chi connectivity index (χ0) is 20.5. The predicted octanol–water partition coefficient (Wildman–Crippen LogP) is 2.29. The highest BCUT2D eigenvalue weighted by atomic mass is 16.2. The SMILES string of the molecule is O=C1C2CN(Cc3cccc4ccccc34)CCN2C(=O)CN1Cc1cccnc1. The average molecular weight is 400 g/mol. The van der Waals surface area contributed by atoms with Gasteiger partial charge in [0.25, 0.3) is 0 Å². The number of hydrogen-bond acceptors (Lipinski definition) is 4. The number of fused-ring (bicyclic) bond motifs is 2. The molecule has 6 heteroatoms. The smallest absolute Gasteiger partial charge is 0.247 e. The van der Waals surface area contributed by atoms with Crippen LogP contribution in [0, 0.1) is 0 Å². The lowest BCUT2D eigenvalue weighted by atomic mass is 10.0. The van der Waals surface area contributed by atoms with Crippen molar-refractivity contribution in [3.8, 4) is 0 Å². The Labute approximate surface area is 175 Å². The van der Waals surface area contributed by atoms with Crippen molar-refractivity contribution in [3.63, 3.8) is 0 Å². The molecule has 0 spiro atoms. The van der Waals surface area contributed by atoms with Crippen LogP contribution in [-0.4, -0.2) is 63.7 Å². The van der Waals surface area contributed by atoms with Crippen LogP contribution in [0.15, 0.2) is 67.0 Å². The zero-order valence-corrected chi connectivity index (χ0v) is 16.8. The van der Waals surface area contributed by atoms with Gasteiger partial charge in [-0.25, -0.2) is 0 Å². The topological polar surface area (TPSA) is 56.8 Å². The molecule has 2 aromatic carbocycles. The zero-order valence-electron chi connectivity index (χ0n) is 16.8. The number of amides is 2. The van der Waals surface area contributed by atoms with Gasteiger partial charge in [0.2, 0.25) is 11.8 Å². The van der Waals surface area contributed by atoms with Gasteiger partial charge in [0.1, 0.15) is 12.6 Å². The molecule has 1 unspecified atom stereocenters. The Balaban J connectivity index is 1.33. The molecule has 2 saturated heterocycles. The molecule has 0 radical (unpaired) electrons. The van der Waals surface area contributed by atoms with Gasteiger partial charge in [0, 0.05) is 45.1 Å². The van der Waals surface area contributed by atoms with Crippen molar-refractivity contribution in [2.45, 2.75) is 19.1 Å². The first-order valence-corrected chi connectivity index (χ1v) is 10.4. The molecule has 2 amide bonds. The minimum absolute atomic E-state index is 0.0288. The van der Waals surface area contributed by atoms with Gasteiger partial charge in [-0.3, -0.25) is 19.5 Å². The van der Waals surface area contributed by atoms with E-state index in [4.69, 9.17) is 0 Å². The van der Waals surface area contributed by atoms with Crippen molar-refractivity contribution in [2.24, 2.45) is 0 Å². The molecule has 3 aromatic rings.